The normalized spacial score (nSPS) is 15.1. The second-order valence-electron chi connectivity index (χ2n) is 1.60. The average Bonchev–Trinajstić information content (AvgIpc) is 1.58. The summed E-state index contributed by atoms with van der Waals surface area (Å²) in [6.45, 7) is 0. The lowest BCUT2D eigenvalue weighted by Crippen LogP contribution is -2.16. The summed E-state index contributed by atoms with van der Waals surface area (Å²) in [5, 5.41) is -5.29. The number of rotatable bonds is 2. The van der Waals surface area contributed by atoms with Crippen LogP contribution in [0.15, 0.2) is 0 Å². The van der Waals surface area contributed by atoms with Crippen LogP contribution in [0.2, 0.25) is 0 Å². The Morgan fingerprint density at radius 2 is 1.09 bits per heavy atom. The van der Waals surface area contributed by atoms with Crippen LogP contribution in [0.25, 0.3) is 0 Å². The van der Waals surface area contributed by atoms with Crippen molar-refractivity contribution < 1.29 is 37.5 Å². The Balaban J connectivity index is 5.08. The maximum absolute atomic E-state index is 11.9. The first-order valence-electron chi connectivity index (χ1n) is 1.99. The molecule has 0 saturated carbocycles. The summed E-state index contributed by atoms with van der Waals surface area (Å²) < 4.78 is 43.3. The molecule has 0 aliphatic carbocycles. The lowest BCUT2D eigenvalue weighted by atomic mass is 11.6. The van der Waals surface area contributed by atoms with Gasteiger partial charge in [-0.15, -0.1) is 0 Å². The third-order valence-electron chi connectivity index (χ3n) is 0.701. The van der Waals surface area contributed by atoms with E-state index >= 15 is 0 Å². The number of hydrogen-bond acceptors (Lipinski definition) is 2. The molecule has 0 spiro atoms. The second-order valence-corrected chi connectivity index (χ2v) is 5.25. The first-order chi connectivity index (χ1) is 4.50. The van der Waals surface area contributed by atoms with Crippen molar-refractivity contribution in [1.29, 1.82) is 0 Å². The lowest BCUT2D eigenvalue weighted by Gasteiger charge is -2.17. The fraction of sp³-hybridized carbons (Fsp3) is 1.00. The van der Waals surface area contributed by atoms with Gasteiger partial charge in [-0.05, 0) is 0 Å². The second kappa shape index (κ2) is 2.58. The van der Waals surface area contributed by atoms with Gasteiger partial charge in [0, 0.05) is 0 Å². The molecule has 0 rings (SSSR count). The van der Waals surface area contributed by atoms with Gasteiger partial charge in [0.1, 0.15) is 0 Å². The Kier molecular flexibility index (Phi) is 2.62. The van der Waals surface area contributed by atoms with E-state index in [1.165, 1.54) is 0 Å². The van der Waals surface area contributed by atoms with Crippen molar-refractivity contribution in [2.75, 3.05) is 0 Å². The summed E-state index contributed by atoms with van der Waals surface area (Å²) in [6.07, 6.45) is 0. The molecule has 68 valence electrons. The zero-order valence-electron chi connectivity index (χ0n) is 4.76. The highest BCUT2D eigenvalue weighted by molar-refractivity contribution is 7.71. The third-order valence-corrected chi connectivity index (χ3v) is 3.67. The van der Waals surface area contributed by atoms with Crippen LogP contribution in [-0.2, 0) is 9.13 Å². The molecule has 0 amide bonds. The highest BCUT2D eigenvalue weighted by atomic mass is 31.2. The molecule has 0 unspecified atom stereocenters. The summed E-state index contributed by atoms with van der Waals surface area (Å²) >= 11 is 0. The van der Waals surface area contributed by atoms with E-state index in [9.17, 15) is 17.9 Å². The quantitative estimate of drug-likeness (QED) is 0.474. The van der Waals surface area contributed by atoms with Gasteiger partial charge in [-0.3, -0.25) is 9.13 Å². The Morgan fingerprint density at radius 1 is 0.909 bits per heavy atom. The van der Waals surface area contributed by atoms with E-state index in [1.54, 1.807) is 0 Å². The zero-order valence-corrected chi connectivity index (χ0v) is 6.54. The molecule has 0 radical (unpaired) electrons. The molecule has 0 fully saturated rings. The van der Waals surface area contributed by atoms with Crippen LogP contribution < -0.4 is 0 Å². The summed E-state index contributed by atoms with van der Waals surface area (Å²) in [5.41, 5.74) is 0. The highest BCUT2D eigenvalue weighted by Gasteiger charge is 2.63. The van der Waals surface area contributed by atoms with E-state index in [0.717, 1.165) is 0 Å². The molecule has 0 atom stereocenters. The molecular formula is CH4F2O6P2. The standard InChI is InChI=1S/CH4F2O6P2/c2-1(3,10(4,5)6)11(7,8)9/h(H2,4,5,6)(H2,7,8,9). The minimum Gasteiger partial charge on any atom is -0.320 e. The van der Waals surface area contributed by atoms with Crippen LogP contribution in [0.4, 0.5) is 8.78 Å². The third kappa shape index (κ3) is 2.05. The van der Waals surface area contributed by atoms with Crippen molar-refractivity contribution in [1.82, 2.24) is 0 Å². The largest absolute Gasteiger partial charge is 0.443 e. The molecular weight excluding hydrogens is 208 g/mol. The molecule has 0 aromatic rings. The van der Waals surface area contributed by atoms with Gasteiger partial charge >= 0.3 is 20.6 Å². The first kappa shape index (κ1) is 11.2. The number of hydrogen-bond donors (Lipinski definition) is 4. The van der Waals surface area contributed by atoms with E-state index in [2.05, 4.69) is 0 Å². The molecule has 0 aromatic heterocycles. The first-order valence-corrected chi connectivity index (χ1v) is 5.22. The average molecular weight is 212 g/mol. The molecule has 11 heavy (non-hydrogen) atoms. The van der Waals surface area contributed by atoms with Gasteiger partial charge in [0.25, 0.3) is 0 Å². The van der Waals surface area contributed by atoms with Crippen LogP contribution >= 0.6 is 15.2 Å². The van der Waals surface area contributed by atoms with Gasteiger partial charge in [-0.1, -0.05) is 0 Å². The Labute approximate surface area is 59.2 Å². The topological polar surface area (TPSA) is 115 Å². The summed E-state index contributed by atoms with van der Waals surface area (Å²) in [7, 11) is -12.2. The van der Waals surface area contributed by atoms with Gasteiger partial charge in [0.2, 0.25) is 0 Å². The molecule has 0 heterocycles. The maximum Gasteiger partial charge on any atom is 0.443 e. The monoisotopic (exact) mass is 212 g/mol. The molecule has 0 aliphatic heterocycles. The van der Waals surface area contributed by atoms with Crippen molar-refractivity contribution in [2.24, 2.45) is 0 Å². The van der Waals surface area contributed by atoms with E-state index in [0.29, 0.717) is 0 Å². The van der Waals surface area contributed by atoms with Crippen LogP contribution in [0, 0.1) is 0 Å². The van der Waals surface area contributed by atoms with Gasteiger partial charge < -0.3 is 19.6 Å². The van der Waals surface area contributed by atoms with Crippen molar-refractivity contribution in [2.45, 2.75) is 5.40 Å². The molecule has 0 bridgehead atoms. The van der Waals surface area contributed by atoms with Crippen molar-refractivity contribution in [3.8, 4) is 0 Å². The van der Waals surface area contributed by atoms with Crippen LogP contribution in [-0.4, -0.2) is 25.0 Å². The highest BCUT2D eigenvalue weighted by Crippen LogP contribution is 2.70. The number of halogens is 2. The Bertz CT molecular complexity index is 211. The van der Waals surface area contributed by atoms with Crippen molar-refractivity contribution >= 4 is 15.2 Å². The molecule has 0 aromatic carbocycles. The Hall–Kier alpha value is 0.160. The minimum absolute atomic E-state index is 5.29. The summed E-state index contributed by atoms with van der Waals surface area (Å²) in [5.74, 6) is 0. The smallest absolute Gasteiger partial charge is 0.320 e. The van der Waals surface area contributed by atoms with Crippen LogP contribution in [0.3, 0.4) is 0 Å². The van der Waals surface area contributed by atoms with Crippen LogP contribution in [0.1, 0.15) is 0 Å². The fourth-order valence-corrected chi connectivity index (χ4v) is 1.53. The van der Waals surface area contributed by atoms with Crippen molar-refractivity contribution in [3.63, 3.8) is 0 Å². The fourth-order valence-electron chi connectivity index (χ4n) is 0.170. The molecule has 0 saturated heterocycles. The molecule has 4 N–H and O–H groups in total. The van der Waals surface area contributed by atoms with Gasteiger partial charge in [0.15, 0.2) is 0 Å². The number of alkyl halides is 2. The minimum atomic E-state index is -6.09. The predicted octanol–water partition coefficient (Wildman–Crippen LogP) is -0.108. The molecule has 6 nitrogen and oxygen atoms in total. The van der Waals surface area contributed by atoms with Gasteiger partial charge in [-0.2, -0.15) is 8.78 Å². The van der Waals surface area contributed by atoms with E-state index in [1.807, 2.05) is 0 Å². The summed E-state index contributed by atoms with van der Waals surface area (Å²) in [6, 6.07) is 0. The zero-order chi connectivity index (χ0) is 9.50. The molecule has 10 heteroatoms. The van der Waals surface area contributed by atoms with Gasteiger partial charge in [-0.25, -0.2) is 0 Å². The predicted molar refractivity (Wildman–Crippen MR) is 29.0 cm³/mol. The van der Waals surface area contributed by atoms with E-state index < -0.39 is 20.6 Å². The Morgan fingerprint density at radius 3 is 1.09 bits per heavy atom. The van der Waals surface area contributed by atoms with E-state index in [-0.39, 0.29) is 0 Å². The van der Waals surface area contributed by atoms with E-state index in [4.69, 9.17) is 19.6 Å². The molecule has 0 aliphatic rings. The maximum atomic E-state index is 11.9. The van der Waals surface area contributed by atoms with Gasteiger partial charge in [0.05, 0.1) is 0 Å². The lowest BCUT2D eigenvalue weighted by molar-refractivity contribution is 0.106. The van der Waals surface area contributed by atoms with Crippen LogP contribution in [0.5, 0.6) is 0 Å². The SMILES string of the molecule is O=P(O)(O)C(F)(F)P(=O)(O)O. The summed E-state index contributed by atoms with van der Waals surface area (Å²) in [4.78, 5) is 31.0. The van der Waals surface area contributed by atoms with Crippen molar-refractivity contribution in [3.05, 3.63) is 0 Å².